The summed E-state index contributed by atoms with van der Waals surface area (Å²) in [6.07, 6.45) is 1.04. The summed E-state index contributed by atoms with van der Waals surface area (Å²) in [6.45, 7) is 13.8. The first-order valence-electron chi connectivity index (χ1n) is 9.95. The van der Waals surface area contributed by atoms with Crippen molar-refractivity contribution in [3.8, 4) is 0 Å². The standard InChI is InChI=1S/C20H35N5O/c1-3-21-20(23-12-14-24-15-17-26-18-16-24)22-11-8-13-25(4-2)19-9-6-5-7-10-19/h5-7,9-10H,3-4,8,11-18H2,1-2H3,(H2,21,22,23). The quantitative estimate of drug-likeness (QED) is 0.378. The van der Waals surface area contributed by atoms with Gasteiger partial charge in [-0.2, -0.15) is 0 Å². The third-order valence-electron chi connectivity index (χ3n) is 4.53. The van der Waals surface area contributed by atoms with Crippen LogP contribution in [0.4, 0.5) is 5.69 Å². The lowest BCUT2D eigenvalue weighted by molar-refractivity contribution is 0.0389. The topological polar surface area (TPSA) is 52.1 Å². The van der Waals surface area contributed by atoms with E-state index in [1.807, 2.05) is 0 Å². The Hall–Kier alpha value is -1.79. The molecule has 0 saturated carbocycles. The van der Waals surface area contributed by atoms with Crippen molar-refractivity contribution in [1.29, 1.82) is 0 Å². The molecule has 0 unspecified atom stereocenters. The van der Waals surface area contributed by atoms with Crippen LogP contribution in [0.5, 0.6) is 0 Å². The van der Waals surface area contributed by atoms with Crippen molar-refractivity contribution in [2.75, 3.05) is 70.5 Å². The molecule has 6 nitrogen and oxygen atoms in total. The van der Waals surface area contributed by atoms with E-state index < -0.39 is 0 Å². The van der Waals surface area contributed by atoms with E-state index in [9.17, 15) is 0 Å². The number of hydrogen-bond donors (Lipinski definition) is 2. The maximum absolute atomic E-state index is 5.39. The first-order valence-corrected chi connectivity index (χ1v) is 9.95. The largest absolute Gasteiger partial charge is 0.379 e. The Balaban J connectivity index is 1.69. The van der Waals surface area contributed by atoms with Crippen LogP contribution in [0.3, 0.4) is 0 Å². The van der Waals surface area contributed by atoms with Gasteiger partial charge in [-0.1, -0.05) is 18.2 Å². The van der Waals surface area contributed by atoms with Crippen LogP contribution < -0.4 is 15.5 Å². The fraction of sp³-hybridized carbons (Fsp3) is 0.650. The lowest BCUT2D eigenvalue weighted by atomic mass is 10.2. The van der Waals surface area contributed by atoms with E-state index in [-0.39, 0.29) is 0 Å². The summed E-state index contributed by atoms with van der Waals surface area (Å²) < 4.78 is 5.39. The van der Waals surface area contributed by atoms with Gasteiger partial charge in [-0.25, -0.2) is 0 Å². The van der Waals surface area contributed by atoms with Crippen LogP contribution in [0, 0.1) is 0 Å². The van der Waals surface area contributed by atoms with Gasteiger partial charge in [0, 0.05) is 58.0 Å². The highest BCUT2D eigenvalue weighted by atomic mass is 16.5. The highest BCUT2D eigenvalue weighted by Gasteiger charge is 2.09. The maximum Gasteiger partial charge on any atom is 0.191 e. The average molecular weight is 362 g/mol. The van der Waals surface area contributed by atoms with Gasteiger partial charge < -0.3 is 20.3 Å². The highest BCUT2D eigenvalue weighted by Crippen LogP contribution is 2.12. The number of para-hydroxylation sites is 1. The zero-order valence-electron chi connectivity index (χ0n) is 16.4. The molecule has 2 rings (SSSR count). The van der Waals surface area contributed by atoms with Gasteiger partial charge in [0.25, 0.3) is 0 Å². The average Bonchev–Trinajstić information content (AvgIpc) is 2.69. The Morgan fingerprint density at radius 3 is 2.62 bits per heavy atom. The molecule has 1 aliphatic heterocycles. The van der Waals surface area contributed by atoms with Gasteiger partial charge in [0.2, 0.25) is 0 Å². The minimum Gasteiger partial charge on any atom is -0.379 e. The van der Waals surface area contributed by atoms with Gasteiger partial charge in [0.1, 0.15) is 0 Å². The van der Waals surface area contributed by atoms with Crippen LogP contribution in [-0.2, 0) is 4.74 Å². The fourth-order valence-corrected chi connectivity index (χ4v) is 3.06. The lowest BCUT2D eigenvalue weighted by Crippen LogP contribution is -2.44. The number of anilines is 1. The molecule has 1 saturated heterocycles. The number of nitrogens with one attached hydrogen (secondary N) is 2. The van der Waals surface area contributed by atoms with Crippen LogP contribution in [0.15, 0.2) is 35.3 Å². The number of guanidine groups is 1. The summed E-state index contributed by atoms with van der Waals surface area (Å²) in [4.78, 5) is 9.55. The molecule has 0 bridgehead atoms. The number of aliphatic imine (C=N–C) groups is 1. The summed E-state index contributed by atoms with van der Waals surface area (Å²) >= 11 is 0. The predicted octanol–water partition coefficient (Wildman–Crippen LogP) is 1.79. The SMILES string of the molecule is CCNC(=NCCCN(CC)c1ccccc1)NCCN1CCOCC1. The Morgan fingerprint density at radius 2 is 1.92 bits per heavy atom. The molecule has 2 N–H and O–H groups in total. The summed E-state index contributed by atoms with van der Waals surface area (Å²) in [5.41, 5.74) is 1.29. The second-order valence-corrected chi connectivity index (χ2v) is 6.41. The van der Waals surface area contributed by atoms with Crippen LogP contribution in [0.2, 0.25) is 0 Å². The lowest BCUT2D eigenvalue weighted by Gasteiger charge is -2.26. The van der Waals surface area contributed by atoms with Crippen molar-refractivity contribution in [1.82, 2.24) is 15.5 Å². The van der Waals surface area contributed by atoms with E-state index in [2.05, 4.69) is 64.6 Å². The third kappa shape index (κ3) is 7.62. The van der Waals surface area contributed by atoms with Gasteiger partial charge in [-0.15, -0.1) is 0 Å². The molecular formula is C20H35N5O. The zero-order chi connectivity index (χ0) is 18.5. The van der Waals surface area contributed by atoms with Crippen molar-refractivity contribution in [3.63, 3.8) is 0 Å². The Labute approximate surface area is 158 Å². The first kappa shape index (κ1) is 20.5. The summed E-state index contributed by atoms with van der Waals surface area (Å²) in [6, 6.07) is 10.6. The second-order valence-electron chi connectivity index (χ2n) is 6.41. The molecule has 0 aromatic heterocycles. The minimum atomic E-state index is 0.830. The maximum atomic E-state index is 5.39. The van der Waals surface area contributed by atoms with E-state index in [1.54, 1.807) is 0 Å². The van der Waals surface area contributed by atoms with E-state index in [4.69, 9.17) is 9.73 Å². The highest BCUT2D eigenvalue weighted by molar-refractivity contribution is 5.79. The molecule has 1 fully saturated rings. The molecule has 146 valence electrons. The van der Waals surface area contributed by atoms with Crippen molar-refractivity contribution in [2.24, 2.45) is 4.99 Å². The van der Waals surface area contributed by atoms with E-state index in [0.29, 0.717) is 0 Å². The minimum absolute atomic E-state index is 0.830. The van der Waals surface area contributed by atoms with Crippen molar-refractivity contribution in [2.45, 2.75) is 20.3 Å². The second kappa shape index (κ2) is 12.5. The zero-order valence-corrected chi connectivity index (χ0v) is 16.4. The molecule has 0 radical (unpaired) electrons. The van der Waals surface area contributed by atoms with Crippen molar-refractivity contribution >= 4 is 11.6 Å². The molecule has 0 amide bonds. The van der Waals surface area contributed by atoms with Gasteiger partial charge in [0.15, 0.2) is 5.96 Å². The van der Waals surface area contributed by atoms with Crippen LogP contribution in [0.1, 0.15) is 20.3 Å². The molecule has 1 aromatic carbocycles. The Bertz CT molecular complexity index is 502. The van der Waals surface area contributed by atoms with E-state index in [1.165, 1.54) is 5.69 Å². The molecule has 0 spiro atoms. The Kier molecular flexibility index (Phi) is 9.90. The normalized spacial score (nSPS) is 15.7. The number of rotatable bonds is 10. The monoisotopic (exact) mass is 361 g/mol. The van der Waals surface area contributed by atoms with Crippen LogP contribution >= 0.6 is 0 Å². The number of hydrogen-bond acceptors (Lipinski definition) is 4. The number of ether oxygens (including phenoxy) is 1. The molecular weight excluding hydrogens is 326 g/mol. The van der Waals surface area contributed by atoms with E-state index >= 15 is 0 Å². The summed E-state index contributed by atoms with van der Waals surface area (Å²) in [5.74, 6) is 0.920. The molecule has 26 heavy (non-hydrogen) atoms. The van der Waals surface area contributed by atoms with Crippen molar-refractivity contribution < 1.29 is 4.74 Å². The molecule has 6 heteroatoms. The molecule has 1 aromatic rings. The molecule has 0 aliphatic carbocycles. The summed E-state index contributed by atoms with van der Waals surface area (Å²) in [7, 11) is 0. The smallest absolute Gasteiger partial charge is 0.191 e. The summed E-state index contributed by atoms with van der Waals surface area (Å²) in [5, 5.41) is 6.78. The van der Waals surface area contributed by atoms with Gasteiger partial charge in [-0.3, -0.25) is 9.89 Å². The third-order valence-corrected chi connectivity index (χ3v) is 4.53. The van der Waals surface area contributed by atoms with Crippen LogP contribution in [-0.4, -0.2) is 76.4 Å². The predicted molar refractivity (Wildman–Crippen MR) is 110 cm³/mol. The van der Waals surface area contributed by atoms with Gasteiger partial charge >= 0.3 is 0 Å². The Morgan fingerprint density at radius 1 is 1.15 bits per heavy atom. The number of benzene rings is 1. The first-order chi connectivity index (χ1) is 12.8. The fourth-order valence-electron chi connectivity index (χ4n) is 3.06. The molecule has 1 aliphatic rings. The van der Waals surface area contributed by atoms with Gasteiger partial charge in [-0.05, 0) is 32.4 Å². The number of nitrogens with zero attached hydrogens (tertiary/aromatic N) is 3. The van der Waals surface area contributed by atoms with E-state index in [0.717, 1.165) is 78.0 Å². The number of morpholine rings is 1. The van der Waals surface area contributed by atoms with Crippen molar-refractivity contribution in [3.05, 3.63) is 30.3 Å². The van der Waals surface area contributed by atoms with Crippen LogP contribution in [0.25, 0.3) is 0 Å². The molecule has 0 atom stereocenters. The molecule has 1 heterocycles. The van der Waals surface area contributed by atoms with Gasteiger partial charge in [0.05, 0.1) is 13.2 Å².